The van der Waals surface area contributed by atoms with Crippen LogP contribution in [0.2, 0.25) is 0 Å². The lowest BCUT2D eigenvalue weighted by atomic mass is 10.1. The van der Waals surface area contributed by atoms with Crippen molar-refractivity contribution in [2.45, 2.75) is 33.2 Å². The summed E-state index contributed by atoms with van der Waals surface area (Å²) in [6, 6.07) is 3.78. The van der Waals surface area contributed by atoms with Gasteiger partial charge in [-0.05, 0) is 26.0 Å². The van der Waals surface area contributed by atoms with E-state index in [4.69, 9.17) is 19.9 Å². The van der Waals surface area contributed by atoms with Crippen LogP contribution in [0.3, 0.4) is 0 Å². The Morgan fingerprint density at radius 1 is 1.44 bits per heavy atom. The van der Waals surface area contributed by atoms with Crippen molar-refractivity contribution in [3.8, 4) is 5.75 Å². The quantitative estimate of drug-likeness (QED) is 0.797. The molecule has 16 heavy (non-hydrogen) atoms. The van der Waals surface area contributed by atoms with Gasteiger partial charge in [0.05, 0.1) is 19.3 Å². The maximum absolute atomic E-state index is 5.82. The summed E-state index contributed by atoms with van der Waals surface area (Å²) in [6.45, 7) is 5.37. The highest BCUT2D eigenvalue weighted by molar-refractivity contribution is 5.53. The molecule has 2 rings (SSSR count). The Hall–Kier alpha value is -1.26. The topological polar surface area (TPSA) is 53.7 Å². The summed E-state index contributed by atoms with van der Waals surface area (Å²) in [5, 5.41) is 0. The van der Waals surface area contributed by atoms with E-state index in [9.17, 15) is 0 Å². The average Bonchev–Trinajstić information content (AvgIpc) is 2.25. The van der Waals surface area contributed by atoms with Crippen molar-refractivity contribution in [1.29, 1.82) is 0 Å². The Kier molecular flexibility index (Phi) is 3.31. The summed E-state index contributed by atoms with van der Waals surface area (Å²) in [5.41, 5.74) is 8.53. The maximum Gasteiger partial charge on any atom is 0.189 e. The summed E-state index contributed by atoms with van der Waals surface area (Å²) in [6.07, 6.45) is 0.192. The van der Waals surface area contributed by atoms with Crippen LogP contribution in [0.1, 0.15) is 25.0 Å². The van der Waals surface area contributed by atoms with Crippen molar-refractivity contribution in [2.24, 2.45) is 0 Å². The van der Waals surface area contributed by atoms with E-state index in [1.807, 2.05) is 26.0 Å². The highest BCUT2D eigenvalue weighted by Crippen LogP contribution is 2.31. The van der Waals surface area contributed by atoms with E-state index in [0.29, 0.717) is 20.0 Å². The molecule has 88 valence electrons. The van der Waals surface area contributed by atoms with Crippen molar-refractivity contribution in [3.63, 3.8) is 0 Å². The normalized spacial score (nSPS) is 14.7. The molecule has 0 amide bonds. The first-order chi connectivity index (χ1) is 7.66. The standard InChI is InChI=1S/C12H17NO3/c1-8(2)15-6-10-4-11(13)3-9-5-14-7-16-12(9)10/h3-4,8H,5-7,13H2,1-2H3. The fourth-order valence-corrected chi connectivity index (χ4v) is 1.69. The van der Waals surface area contributed by atoms with Gasteiger partial charge >= 0.3 is 0 Å². The van der Waals surface area contributed by atoms with Crippen LogP contribution in [0.5, 0.6) is 5.75 Å². The number of nitrogens with two attached hydrogens (primary N) is 1. The van der Waals surface area contributed by atoms with Crippen LogP contribution in [0, 0.1) is 0 Å². The first-order valence-electron chi connectivity index (χ1n) is 5.40. The Morgan fingerprint density at radius 3 is 3.00 bits per heavy atom. The Morgan fingerprint density at radius 2 is 2.25 bits per heavy atom. The van der Waals surface area contributed by atoms with Crippen molar-refractivity contribution < 1.29 is 14.2 Å². The molecule has 1 aromatic rings. The fraction of sp³-hybridized carbons (Fsp3) is 0.500. The predicted molar refractivity (Wildman–Crippen MR) is 61.1 cm³/mol. The number of nitrogen functional groups attached to an aromatic ring is 1. The number of benzene rings is 1. The molecule has 4 nitrogen and oxygen atoms in total. The Bertz CT molecular complexity index is 377. The summed E-state index contributed by atoms with van der Waals surface area (Å²) < 4.78 is 16.3. The van der Waals surface area contributed by atoms with Gasteiger partial charge < -0.3 is 19.9 Å². The van der Waals surface area contributed by atoms with Gasteiger partial charge in [0, 0.05) is 16.8 Å². The molecule has 1 aliphatic rings. The van der Waals surface area contributed by atoms with Crippen molar-refractivity contribution in [3.05, 3.63) is 23.3 Å². The van der Waals surface area contributed by atoms with E-state index in [0.717, 1.165) is 22.6 Å². The van der Waals surface area contributed by atoms with Crippen LogP contribution in [0.4, 0.5) is 5.69 Å². The molecule has 0 bridgehead atoms. The largest absolute Gasteiger partial charge is 0.467 e. The van der Waals surface area contributed by atoms with Crippen LogP contribution in [0.25, 0.3) is 0 Å². The van der Waals surface area contributed by atoms with Crippen LogP contribution in [-0.4, -0.2) is 12.9 Å². The monoisotopic (exact) mass is 223 g/mol. The molecule has 0 spiro atoms. The lowest BCUT2D eigenvalue weighted by Crippen LogP contribution is -2.14. The van der Waals surface area contributed by atoms with Gasteiger partial charge in [-0.15, -0.1) is 0 Å². The Labute approximate surface area is 95.3 Å². The minimum atomic E-state index is 0.192. The van der Waals surface area contributed by atoms with Crippen molar-refractivity contribution in [2.75, 3.05) is 12.5 Å². The molecule has 0 radical (unpaired) electrons. The lowest BCUT2D eigenvalue weighted by molar-refractivity contribution is -0.0192. The third kappa shape index (κ3) is 2.46. The lowest BCUT2D eigenvalue weighted by Gasteiger charge is -2.21. The molecule has 0 aliphatic carbocycles. The van der Waals surface area contributed by atoms with E-state index in [2.05, 4.69) is 0 Å². The highest BCUT2D eigenvalue weighted by atomic mass is 16.7. The molecule has 0 aromatic heterocycles. The SMILES string of the molecule is CC(C)OCc1cc(N)cc2c1OCOC2. The first kappa shape index (κ1) is 11.2. The molecule has 1 aromatic carbocycles. The van der Waals surface area contributed by atoms with Crippen LogP contribution in [-0.2, 0) is 22.7 Å². The summed E-state index contributed by atoms with van der Waals surface area (Å²) >= 11 is 0. The number of fused-ring (bicyclic) bond motifs is 1. The molecule has 4 heteroatoms. The molecule has 1 heterocycles. The molecular weight excluding hydrogens is 206 g/mol. The third-order valence-corrected chi connectivity index (χ3v) is 2.38. The van der Waals surface area contributed by atoms with Gasteiger partial charge in [0.25, 0.3) is 0 Å². The first-order valence-corrected chi connectivity index (χ1v) is 5.40. The maximum atomic E-state index is 5.82. The molecule has 1 aliphatic heterocycles. The molecule has 0 unspecified atom stereocenters. The number of hydrogen-bond acceptors (Lipinski definition) is 4. The zero-order valence-electron chi connectivity index (χ0n) is 9.66. The number of ether oxygens (including phenoxy) is 3. The minimum Gasteiger partial charge on any atom is -0.467 e. The van der Waals surface area contributed by atoms with E-state index >= 15 is 0 Å². The molecular formula is C12H17NO3. The predicted octanol–water partition coefficient (Wildman–Crippen LogP) is 2.06. The smallest absolute Gasteiger partial charge is 0.189 e. The van der Waals surface area contributed by atoms with E-state index in [1.165, 1.54) is 0 Å². The van der Waals surface area contributed by atoms with E-state index in [1.54, 1.807) is 0 Å². The third-order valence-electron chi connectivity index (χ3n) is 2.38. The van der Waals surface area contributed by atoms with Crippen LogP contribution >= 0.6 is 0 Å². The second kappa shape index (κ2) is 4.72. The van der Waals surface area contributed by atoms with Crippen LogP contribution in [0.15, 0.2) is 12.1 Å². The van der Waals surface area contributed by atoms with Gasteiger partial charge in [0.15, 0.2) is 6.79 Å². The highest BCUT2D eigenvalue weighted by Gasteiger charge is 2.16. The Balaban J connectivity index is 2.25. The van der Waals surface area contributed by atoms with Crippen LogP contribution < -0.4 is 10.5 Å². The summed E-state index contributed by atoms with van der Waals surface area (Å²) in [5.74, 6) is 0.862. The van der Waals surface area contributed by atoms with E-state index < -0.39 is 0 Å². The van der Waals surface area contributed by atoms with Gasteiger partial charge in [-0.2, -0.15) is 0 Å². The average molecular weight is 223 g/mol. The molecule has 0 saturated heterocycles. The minimum absolute atomic E-state index is 0.192. The number of hydrogen-bond donors (Lipinski definition) is 1. The van der Waals surface area contributed by atoms with Gasteiger partial charge in [-0.1, -0.05) is 0 Å². The van der Waals surface area contributed by atoms with Gasteiger partial charge in [0.1, 0.15) is 5.75 Å². The van der Waals surface area contributed by atoms with Gasteiger partial charge in [0.2, 0.25) is 0 Å². The van der Waals surface area contributed by atoms with E-state index in [-0.39, 0.29) is 6.10 Å². The number of rotatable bonds is 3. The second-order valence-corrected chi connectivity index (χ2v) is 4.14. The molecule has 0 saturated carbocycles. The van der Waals surface area contributed by atoms with Gasteiger partial charge in [-0.3, -0.25) is 0 Å². The zero-order chi connectivity index (χ0) is 11.5. The zero-order valence-corrected chi connectivity index (χ0v) is 9.66. The number of anilines is 1. The molecule has 0 atom stereocenters. The van der Waals surface area contributed by atoms with Crippen molar-refractivity contribution >= 4 is 5.69 Å². The fourth-order valence-electron chi connectivity index (χ4n) is 1.69. The summed E-state index contributed by atoms with van der Waals surface area (Å²) in [4.78, 5) is 0. The van der Waals surface area contributed by atoms with Crippen molar-refractivity contribution in [1.82, 2.24) is 0 Å². The molecule has 0 fully saturated rings. The second-order valence-electron chi connectivity index (χ2n) is 4.14. The summed E-state index contributed by atoms with van der Waals surface area (Å²) in [7, 11) is 0. The molecule has 2 N–H and O–H groups in total. The van der Waals surface area contributed by atoms with Gasteiger partial charge in [-0.25, -0.2) is 0 Å².